The van der Waals surface area contributed by atoms with Crippen LogP contribution in [0.25, 0.3) is 22.2 Å². The third-order valence-electron chi connectivity index (χ3n) is 6.24. The maximum atomic E-state index is 13.3. The van der Waals surface area contributed by atoms with Crippen molar-refractivity contribution in [3.05, 3.63) is 46.8 Å². The molecule has 1 unspecified atom stereocenters. The number of hydrogen-bond acceptors (Lipinski definition) is 8. The highest BCUT2D eigenvalue weighted by molar-refractivity contribution is 5.83. The van der Waals surface area contributed by atoms with Gasteiger partial charge in [-0.25, -0.2) is 4.98 Å². The number of aliphatic hydroxyl groups is 1. The molecule has 2 aliphatic heterocycles. The van der Waals surface area contributed by atoms with Gasteiger partial charge in [0.2, 0.25) is 5.95 Å². The van der Waals surface area contributed by atoms with E-state index in [1.165, 1.54) is 0 Å². The van der Waals surface area contributed by atoms with Crippen molar-refractivity contribution in [3.8, 4) is 11.3 Å². The largest absolute Gasteiger partial charge is 0.388 e. The fourth-order valence-electron chi connectivity index (χ4n) is 4.49. The van der Waals surface area contributed by atoms with Gasteiger partial charge in [0.1, 0.15) is 17.5 Å². The van der Waals surface area contributed by atoms with Gasteiger partial charge >= 0.3 is 0 Å². The van der Waals surface area contributed by atoms with Crippen molar-refractivity contribution in [3.63, 3.8) is 0 Å². The summed E-state index contributed by atoms with van der Waals surface area (Å²) in [6.45, 7) is 2.61. The molecule has 4 N–H and O–H groups in total. The van der Waals surface area contributed by atoms with E-state index < -0.39 is 6.10 Å². The average molecular weight is 437 g/mol. The predicted octanol–water partition coefficient (Wildman–Crippen LogP) is 1.34. The zero-order chi connectivity index (χ0) is 22.1. The summed E-state index contributed by atoms with van der Waals surface area (Å²) in [5.74, 6) is 0.931. The van der Waals surface area contributed by atoms with Crippen LogP contribution in [0.3, 0.4) is 0 Å². The standard InChI is InChI=1S/C23H28N6O3/c1-32-19-13-29(12-18(19)30)23-27-21(25-15-6-4-10-24-11-15)20(22(31)28-23)17-9-8-14-5-2-3-7-16(14)26-17/h2-3,5,7-9,15,18-19,24,30H,4,6,10-13H2,1H3,(H2,25,27,28,31)/t15?,18-,19-/m0/s1. The highest BCUT2D eigenvalue weighted by Crippen LogP contribution is 2.27. The smallest absolute Gasteiger partial charge is 0.263 e. The molecule has 3 atom stereocenters. The van der Waals surface area contributed by atoms with Crippen LogP contribution in [0.15, 0.2) is 41.2 Å². The topological polar surface area (TPSA) is 115 Å². The van der Waals surface area contributed by atoms with Gasteiger partial charge in [0, 0.05) is 38.2 Å². The van der Waals surface area contributed by atoms with E-state index in [9.17, 15) is 9.90 Å². The molecule has 0 aliphatic carbocycles. The third kappa shape index (κ3) is 4.06. The molecular weight excluding hydrogens is 408 g/mol. The van der Waals surface area contributed by atoms with E-state index in [2.05, 4.69) is 15.6 Å². The number of aliphatic hydroxyl groups excluding tert-OH is 1. The minimum Gasteiger partial charge on any atom is -0.388 e. The number of aromatic amines is 1. The van der Waals surface area contributed by atoms with Gasteiger partial charge in [-0.05, 0) is 31.5 Å². The molecule has 5 rings (SSSR count). The Hall–Kier alpha value is -3.01. The number of H-pyrrole nitrogens is 1. The molecule has 9 heteroatoms. The number of benzene rings is 1. The van der Waals surface area contributed by atoms with Crippen molar-refractivity contribution in [2.24, 2.45) is 0 Å². The van der Waals surface area contributed by atoms with Crippen LogP contribution in [0, 0.1) is 0 Å². The Balaban J connectivity index is 1.57. The number of para-hydroxylation sites is 1. The van der Waals surface area contributed by atoms with E-state index in [1.807, 2.05) is 41.3 Å². The van der Waals surface area contributed by atoms with Crippen LogP contribution < -0.4 is 21.1 Å². The summed E-state index contributed by atoms with van der Waals surface area (Å²) < 4.78 is 5.35. The summed E-state index contributed by atoms with van der Waals surface area (Å²) in [7, 11) is 1.57. The molecule has 2 aromatic heterocycles. The van der Waals surface area contributed by atoms with Crippen molar-refractivity contribution in [1.29, 1.82) is 0 Å². The van der Waals surface area contributed by atoms with Gasteiger partial charge in [0.15, 0.2) is 0 Å². The molecule has 1 aromatic carbocycles. The number of hydrogen-bond donors (Lipinski definition) is 4. The first-order valence-corrected chi connectivity index (χ1v) is 11.1. The maximum Gasteiger partial charge on any atom is 0.263 e. The number of pyridine rings is 1. The molecule has 3 aromatic rings. The van der Waals surface area contributed by atoms with E-state index in [1.54, 1.807) is 7.11 Å². The molecule has 168 valence electrons. The Morgan fingerprint density at radius 2 is 2.06 bits per heavy atom. The van der Waals surface area contributed by atoms with E-state index in [4.69, 9.17) is 14.7 Å². The summed E-state index contributed by atoms with van der Waals surface area (Å²) in [4.78, 5) is 27.6. The molecule has 9 nitrogen and oxygen atoms in total. The molecule has 0 bridgehead atoms. The minimum atomic E-state index is -0.633. The number of β-amino-alcohol motifs (C(OH)–C–C–N with tert-alkyl or cyclic N) is 1. The van der Waals surface area contributed by atoms with Gasteiger partial charge in [-0.15, -0.1) is 0 Å². The molecule has 32 heavy (non-hydrogen) atoms. The average Bonchev–Trinajstić information content (AvgIpc) is 3.20. The van der Waals surface area contributed by atoms with Gasteiger partial charge in [-0.2, -0.15) is 4.98 Å². The van der Waals surface area contributed by atoms with Crippen molar-refractivity contribution < 1.29 is 9.84 Å². The second-order valence-electron chi connectivity index (χ2n) is 8.44. The lowest BCUT2D eigenvalue weighted by molar-refractivity contribution is 0.0217. The molecule has 2 fully saturated rings. The number of nitrogens with zero attached hydrogens (tertiary/aromatic N) is 3. The molecule has 0 amide bonds. The SMILES string of the molecule is CO[C@H]1CN(c2nc(NC3CCCNC3)c(-c3ccc4ccccc4n3)c(=O)[nH]2)C[C@@H]1O. The molecule has 0 spiro atoms. The normalized spacial score (nSPS) is 23.6. The van der Waals surface area contributed by atoms with Crippen LogP contribution >= 0.6 is 0 Å². The van der Waals surface area contributed by atoms with Crippen molar-refractivity contribution >= 4 is 22.7 Å². The maximum absolute atomic E-state index is 13.3. The highest BCUT2D eigenvalue weighted by Gasteiger charge is 2.33. The Morgan fingerprint density at radius 3 is 2.84 bits per heavy atom. The quantitative estimate of drug-likeness (QED) is 0.474. The molecule has 0 radical (unpaired) electrons. The molecule has 0 saturated carbocycles. The van der Waals surface area contributed by atoms with Crippen molar-refractivity contribution in [2.45, 2.75) is 31.1 Å². The molecule has 2 aliphatic rings. The number of rotatable bonds is 5. The van der Waals surface area contributed by atoms with Crippen LogP contribution in [0.2, 0.25) is 0 Å². The number of methoxy groups -OCH3 is 1. The highest BCUT2D eigenvalue weighted by atomic mass is 16.5. The van der Waals surface area contributed by atoms with Gasteiger partial charge in [0.05, 0.1) is 17.3 Å². The lowest BCUT2D eigenvalue weighted by Crippen LogP contribution is -2.39. The van der Waals surface area contributed by atoms with E-state index in [-0.39, 0.29) is 17.7 Å². The monoisotopic (exact) mass is 436 g/mol. The van der Waals surface area contributed by atoms with Gasteiger partial charge in [0.25, 0.3) is 5.56 Å². The third-order valence-corrected chi connectivity index (χ3v) is 6.24. The Kier molecular flexibility index (Phi) is 5.77. The molecule has 4 heterocycles. The Labute approximate surface area is 185 Å². The summed E-state index contributed by atoms with van der Waals surface area (Å²) in [6.07, 6.45) is 1.10. The first kappa shape index (κ1) is 20.9. The number of nitrogens with one attached hydrogen (secondary N) is 3. The number of aromatic nitrogens is 3. The van der Waals surface area contributed by atoms with E-state index in [0.29, 0.717) is 36.1 Å². The lowest BCUT2D eigenvalue weighted by atomic mass is 10.1. The summed E-state index contributed by atoms with van der Waals surface area (Å²) in [6, 6.07) is 11.8. The van der Waals surface area contributed by atoms with Crippen molar-refractivity contribution in [1.82, 2.24) is 20.3 Å². The van der Waals surface area contributed by atoms with Gasteiger partial charge in [-0.3, -0.25) is 9.78 Å². The van der Waals surface area contributed by atoms with Crippen LogP contribution in [0.1, 0.15) is 12.8 Å². The summed E-state index contributed by atoms with van der Waals surface area (Å²) in [5, 5.41) is 18.1. The first-order valence-electron chi connectivity index (χ1n) is 11.1. The zero-order valence-corrected chi connectivity index (χ0v) is 18.0. The van der Waals surface area contributed by atoms with Crippen molar-refractivity contribution in [2.75, 3.05) is 43.5 Å². The number of ether oxygens (including phenoxy) is 1. The molecular formula is C23H28N6O3. The second-order valence-corrected chi connectivity index (χ2v) is 8.44. The fourth-order valence-corrected chi connectivity index (χ4v) is 4.49. The predicted molar refractivity (Wildman–Crippen MR) is 124 cm³/mol. The second kappa shape index (κ2) is 8.85. The van der Waals surface area contributed by atoms with E-state index >= 15 is 0 Å². The van der Waals surface area contributed by atoms with Crippen LogP contribution in [-0.2, 0) is 4.74 Å². The zero-order valence-electron chi connectivity index (χ0n) is 18.0. The minimum absolute atomic E-state index is 0.168. The number of fused-ring (bicyclic) bond motifs is 1. The number of anilines is 2. The van der Waals surface area contributed by atoms with Crippen LogP contribution in [0.4, 0.5) is 11.8 Å². The molecule has 2 saturated heterocycles. The number of piperidine rings is 1. The lowest BCUT2D eigenvalue weighted by Gasteiger charge is -2.26. The Bertz CT molecular complexity index is 1160. The summed E-state index contributed by atoms with van der Waals surface area (Å²) in [5.41, 5.74) is 1.56. The fraction of sp³-hybridized carbons (Fsp3) is 0.435. The Morgan fingerprint density at radius 1 is 1.19 bits per heavy atom. The summed E-state index contributed by atoms with van der Waals surface area (Å²) >= 11 is 0. The van der Waals surface area contributed by atoms with Gasteiger partial charge in [-0.1, -0.05) is 24.3 Å². The van der Waals surface area contributed by atoms with E-state index in [0.717, 1.165) is 36.8 Å². The van der Waals surface area contributed by atoms with Gasteiger partial charge < -0.3 is 25.4 Å². The first-order chi connectivity index (χ1) is 15.6. The van der Waals surface area contributed by atoms with Crippen LogP contribution in [0.5, 0.6) is 0 Å². The van der Waals surface area contributed by atoms with Crippen LogP contribution in [-0.4, -0.2) is 71.6 Å².